The molecule has 0 spiro atoms. The predicted molar refractivity (Wildman–Crippen MR) is 135 cm³/mol. The standard InChI is InChI=1S/C22H23ClN6O.HI/c1-24-22(26-13-16-10-21(30)28-20-5-3-2-4-19(16)20)25-11-15-12-27-29(14-15)18-8-6-17(23)7-9-18;/h2-9,12,14,16H,10-11,13H2,1H3,(H,28,30)(H2,24,25,26);1H. The van der Waals surface area contributed by atoms with E-state index in [2.05, 4.69) is 32.1 Å². The summed E-state index contributed by atoms with van der Waals surface area (Å²) in [5.41, 5.74) is 4.00. The number of benzene rings is 2. The first-order valence-electron chi connectivity index (χ1n) is 9.75. The van der Waals surface area contributed by atoms with Gasteiger partial charge < -0.3 is 16.0 Å². The van der Waals surface area contributed by atoms with Gasteiger partial charge >= 0.3 is 0 Å². The lowest BCUT2D eigenvalue weighted by Gasteiger charge is -2.26. The SMILES string of the molecule is CN=C(NCc1cnn(-c2ccc(Cl)cc2)c1)NCC1CC(=O)Nc2ccccc21.I. The second-order valence-corrected chi connectivity index (χ2v) is 7.55. The van der Waals surface area contributed by atoms with Gasteiger partial charge in [0.15, 0.2) is 5.96 Å². The van der Waals surface area contributed by atoms with Gasteiger partial charge in [-0.25, -0.2) is 4.68 Å². The molecule has 1 amide bonds. The highest BCUT2D eigenvalue weighted by atomic mass is 127. The van der Waals surface area contributed by atoms with Gasteiger partial charge in [-0.15, -0.1) is 24.0 Å². The van der Waals surface area contributed by atoms with Crippen LogP contribution < -0.4 is 16.0 Å². The van der Waals surface area contributed by atoms with E-state index in [4.69, 9.17) is 11.6 Å². The van der Waals surface area contributed by atoms with E-state index in [1.54, 1.807) is 11.7 Å². The van der Waals surface area contributed by atoms with Crippen molar-refractivity contribution in [3.63, 3.8) is 0 Å². The molecule has 0 aliphatic carbocycles. The Kier molecular flexibility index (Phi) is 7.91. The van der Waals surface area contributed by atoms with Crippen molar-refractivity contribution < 1.29 is 4.79 Å². The monoisotopic (exact) mass is 550 g/mol. The maximum atomic E-state index is 12.0. The number of hydrogen-bond acceptors (Lipinski definition) is 3. The minimum Gasteiger partial charge on any atom is -0.356 e. The summed E-state index contributed by atoms with van der Waals surface area (Å²) < 4.78 is 1.81. The van der Waals surface area contributed by atoms with Crippen molar-refractivity contribution in [1.82, 2.24) is 20.4 Å². The van der Waals surface area contributed by atoms with E-state index in [9.17, 15) is 4.79 Å². The Hall–Kier alpha value is -2.59. The Labute approximate surface area is 203 Å². The van der Waals surface area contributed by atoms with Crippen LogP contribution >= 0.6 is 35.6 Å². The van der Waals surface area contributed by atoms with Crippen molar-refractivity contribution >= 4 is 53.1 Å². The number of aliphatic imine (C=N–C) groups is 1. The van der Waals surface area contributed by atoms with Crippen molar-refractivity contribution in [3.05, 3.63) is 77.1 Å². The molecule has 3 aromatic rings. The summed E-state index contributed by atoms with van der Waals surface area (Å²) in [6.07, 6.45) is 4.23. The number of hydrogen-bond donors (Lipinski definition) is 3. The highest BCUT2D eigenvalue weighted by Crippen LogP contribution is 2.31. The van der Waals surface area contributed by atoms with Gasteiger partial charge in [-0.1, -0.05) is 29.8 Å². The minimum absolute atomic E-state index is 0. The maximum Gasteiger partial charge on any atom is 0.225 e. The quantitative estimate of drug-likeness (QED) is 0.255. The van der Waals surface area contributed by atoms with E-state index >= 15 is 0 Å². The topological polar surface area (TPSA) is 83.3 Å². The van der Waals surface area contributed by atoms with E-state index in [1.807, 2.05) is 54.9 Å². The zero-order valence-electron chi connectivity index (χ0n) is 17.0. The Morgan fingerprint density at radius 3 is 2.77 bits per heavy atom. The lowest BCUT2D eigenvalue weighted by molar-refractivity contribution is -0.116. The third-order valence-corrected chi connectivity index (χ3v) is 5.29. The lowest BCUT2D eigenvalue weighted by Crippen LogP contribution is -2.40. The average Bonchev–Trinajstić information content (AvgIpc) is 3.23. The van der Waals surface area contributed by atoms with Crippen molar-refractivity contribution in [2.24, 2.45) is 4.99 Å². The molecule has 1 atom stereocenters. The molecule has 0 saturated carbocycles. The molecule has 1 aliphatic rings. The van der Waals surface area contributed by atoms with Gasteiger partial charge in [0, 0.05) is 54.9 Å². The number of guanidine groups is 1. The van der Waals surface area contributed by atoms with Crippen LogP contribution in [0.5, 0.6) is 0 Å². The van der Waals surface area contributed by atoms with Crippen molar-refractivity contribution in [1.29, 1.82) is 0 Å². The number of aromatic nitrogens is 2. The van der Waals surface area contributed by atoms with Crippen LogP contribution in [-0.4, -0.2) is 35.2 Å². The number of halogens is 2. The molecule has 0 bridgehead atoms. The molecule has 0 saturated heterocycles. The number of nitrogens with zero attached hydrogens (tertiary/aromatic N) is 3. The van der Waals surface area contributed by atoms with Crippen molar-refractivity contribution in [3.8, 4) is 5.69 Å². The van der Waals surface area contributed by atoms with Crippen LogP contribution in [0.4, 0.5) is 5.69 Å². The van der Waals surface area contributed by atoms with E-state index in [0.29, 0.717) is 30.5 Å². The van der Waals surface area contributed by atoms with Gasteiger partial charge in [-0.05, 0) is 35.9 Å². The van der Waals surface area contributed by atoms with Gasteiger partial charge in [0.2, 0.25) is 5.91 Å². The molecule has 1 aliphatic heterocycles. The number of nitrogens with one attached hydrogen (secondary N) is 3. The zero-order valence-corrected chi connectivity index (χ0v) is 20.1. The Bertz CT molecular complexity index is 1070. The Morgan fingerprint density at radius 2 is 2.00 bits per heavy atom. The fourth-order valence-corrected chi connectivity index (χ4v) is 3.62. The highest BCUT2D eigenvalue weighted by molar-refractivity contribution is 14.0. The Balaban J connectivity index is 0.00000272. The second kappa shape index (κ2) is 10.6. The summed E-state index contributed by atoms with van der Waals surface area (Å²) in [5.74, 6) is 0.817. The molecule has 4 rings (SSSR count). The van der Waals surface area contributed by atoms with Gasteiger partial charge in [-0.3, -0.25) is 9.79 Å². The second-order valence-electron chi connectivity index (χ2n) is 7.11. The maximum absolute atomic E-state index is 12.0. The van der Waals surface area contributed by atoms with Crippen LogP contribution in [0.2, 0.25) is 5.02 Å². The first kappa shape index (κ1) is 23.1. The highest BCUT2D eigenvalue weighted by Gasteiger charge is 2.24. The van der Waals surface area contributed by atoms with Crippen LogP contribution in [0.1, 0.15) is 23.5 Å². The van der Waals surface area contributed by atoms with Crippen molar-refractivity contribution in [2.75, 3.05) is 18.9 Å². The number of fused-ring (bicyclic) bond motifs is 1. The number of carbonyl (C=O) groups excluding carboxylic acids is 1. The van der Waals surface area contributed by atoms with Crippen LogP contribution in [0.3, 0.4) is 0 Å². The smallest absolute Gasteiger partial charge is 0.225 e. The largest absolute Gasteiger partial charge is 0.356 e. The third-order valence-electron chi connectivity index (χ3n) is 5.03. The molecule has 0 radical (unpaired) electrons. The average molecular weight is 551 g/mol. The summed E-state index contributed by atoms with van der Waals surface area (Å²) >= 11 is 5.94. The minimum atomic E-state index is 0. The fraction of sp³-hybridized carbons (Fsp3) is 0.227. The first-order chi connectivity index (χ1) is 14.6. The number of anilines is 1. The number of para-hydroxylation sites is 1. The van der Waals surface area contributed by atoms with E-state index < -0.39 is 0 Å². The van der Waals surface area contributed by atoms with Crippen LogP contribution in [0, 0.1) is 0 Å². The molecule has 2 aromatic carbocycles. The fourth-order valence-electron chi connectivity index (χ4n) is 3.50. The molecule has 2 heterocycles. The molecule has 3 N–H and O–H groups in total. The summed E-state index contributed by atoms with van der Waals surface area (Å²) in [4.78, 5) is 16.3. The van der Waals surface area contributed by atoms with Crippen molar-refractivity contribution in [2.45, 2.75) is 18.9 Å². The first-order valence-corrected chi connectivity index (χ1v) is 10.1. The molecular formula is C22H24ClIN6O. The molecule has 31 heavy (non-hydrogen) atoms. The summed E-state index contributed by atoms with van der Waals surface area (Å²) in [7, 11) is 1.73. The molecule has 1 unspecified atom stereocenters. The molecular weight excluding hydrogens is 527 g/mol. The summed E-state index contributed by atoms with van der Waals surface area (Å²) in [5, 5.41) is 14.7. The molecule has 0 fully saturated rings. The van der Waals surface area contributed by atoms with Crippen LogP contribution in [-0.2, 0) is 11.3 Å². The van der Waals surface area contributed by atoms with Gasteiger partial charge in [0.25, 0.3) is 0 Å². The van der Waals surface area contributed by atoms with Gasteiger partial charge in [0.1, 0.15) is 0 Å². The summed E-state index contributed by atoms with van der Waals surface area (Å²) in [6.45, 7) is 1.20. The third kappa shape index (κ3) is 5.76. The molecule has 1 aromatic heterocycles. The van der Waals surface area contributed by atoms with E-state index in [-0.39, 0.29) is 35.8 Å². The molecule has 7 nitrogen and oxygen atoms in total. The van der Waals surface area contributed by atoms with Crippen LogP contribution in [0.15, 0.2) is 65.9 Å². The van der Waals surface area contributed by atoms with Gasteiger partial charge in [-0.2, -0.15) is 5.10 Å². The van der Waals surface area contributed by atoms with E-state index in [0.717, 1.165) is 22.5 Å². The van der Waals surface area contributed by atoms with Crippen LogP contribution in [0.25, 0.3) is 5.69 Å². The lowest BCUT2D eigenvalue weighted by atomic mass is 9.90. The van der Waals surface area contributed by atoms with E-state index in [1.165, 1.54) is 0 Å². The number of amides is 1. The normalized spacial score (nSPS) is 15.5. The Morgan fingerprint density at radius 1 is 1.23 bits per heavy atom. The predicted octanol–water partition coefficient (Wildman–Crippen LogP) is 3.93. The summed E-state index contributed by atoms with van der Waals surface area (Å²) in [6, 6.07) is 15.4. The number of rotatable bonds is 5. The van der Waals surface area contributed by atoms with Gasteiger partial charge in [0.05, 0.1) is 11.9 Å². The zero-order chi connectivity index (χ0) is 20.9. The molecule has 162 valence electrons. The number of carbonyl (C=O) groups is 1. The molecule has 9 heteroatoms.